The number of phenolic OH excluding ortho intramolecular Hbond substituents is 1. The number of aliphatic imine (C=N–C) groups is 1. The number of anilines is 1. The van der Waals surface area contributed by atoms with Crippen molar-refractivity contribution < 1.29 is 23.4 Å². The van der Waals surface area contributed by atoms with Gasteiger partial charge in [0.25, 0.3) is 0 Å². The monoisotopic (exact) mass is 330 g/mol. The molecule has 0 bridgehead atoms. The van der Waals surface area contributed by atoms with Gasteiger partial charge in [-0.25, -0.2) is 18.2 Å². The van der Waals surface area contributed by atoms with Crippen molar-refractivity contribution in [1.29, 1.82) is 0 Å². The van der Waals surface area contributed by atoms with Crippen LogP contribution >= 0.6 is 11.8 Å². The number of nitrogens with zero attached hydrogens (tertiary/aromatic N) is 1. The molecule has 0 spiro atoms. The van der Waals surface area contributed by atoms with Gasteiger partial charge >= 0.3 is 5.97 Å². The Morgan fingerprint density at radius 3 is 2.81 bits per heavy atom. The predicted octanol–water partition coefficient (Wildman–Crippen LogP) is 1.15. The molecule has 2 rings (SSSR count). The molecule has 1 aromatic rings. The molecule has 0 radical (unpaired) electrons. The Balaban J connectivity index is 2.27. The number of aromatic hydroxyl groups is 1. The zero-order valence-corrected chi connectivity index (χ0v) is 12.7. The van der Waals surface area contributed by atoms with Gasteiger partial charge in [-0.2, -0.15) is 0 Å². The summed E-state index contributed by atoms with van der Waals surface area (Å²) in [6, 6.07) is 3.08. The van der Waals surface area contributed by atoms with E-state index in [1.807, 2.05) is 0 Å². The number of benzene rings is 1. The normalized spacial score (nSPS) is 18.3. The Kier molecular flexibility index (Phi) is 4.43. The maximum Gasteiger partial charge on any atom is 0.329 e. The fourth-order valence-electron chi connectivity index (χ4n) is 1.66. The summed E-state index contributed by atoms with van der Waals surface area (Å²) < 4.78 is 23.6. The third-order valence-corrected chi connectivity index (χ3v) is 5.58. The topological polar surface area (TPSA) is 116 Å². The second-order valence-corrected chi connectivity index (χ2v) is 7.59. The quantitative estimate of drug-likeness (QED) is 0.709. The second-order valence-electron chi connectivity index (χ2n) is 4.31. The molecule has 0 amide bonds. The van der Waals surface area contributed by atoms with Crippen LogP contribution < -0.4 is 5.32 Å². The number of amidine groups is 1. The van der Waals surface area contributed by atoms with Crippen LogP contribution in [0.2, 0.25) is 0 Å². The maximum absolute atomic E-state index is 11.8. The van der Waals surface area contributed by atoms with Crippen molar-refractivity contribution in [3.05, 3.63) is 18.2 Å². The lowest BCUT2D eigenvalue weighted by atomic mass is 10.3. The first kappa shape index (κ1) is 15.6. The minimum Gasteiger partial charge on any atom is -0.506 e. The highest BCUT2D eigenvalue weighted by Crippen LogP contribution is 2.29. The van der Waals surface area contributed by atoms with E-state index in [1.54, 1.807) is 0 Å². The summed E-state index contributed by atoms with van der Waals surface area (Å²) in [7, 11) is -3.39. The molecule has 1 aliphatic heterocycles. The first-order valence-corrected chi connectivity index (χ1v) is 8.73. The van der Waals surface area contributed by atoms with Crippen molar-refractivity contribution in [2.24, 2.45) is 4.99 Å². The zero-order chi connectivity index (χ0) is 15.6. The average molecular weight is 330 g/mol. The number of aliphatic carboxylic acids is 1. The molecule has 1 atom stereocenters. The number of carbonyl (C=O) groups is 1. The molecule has 114 valence electrons. The molecule has 0 aliphatic carbocycles. The Morgan fingerprint density at radius 2 is 2.24 bits per heavy atom. The smallest absolute Gasteiger partial charge is 0.329 e. The molecule has 9 heteroatoms. The van der Waals surface area contributed by atoms with Crippen molar-refractivity contribution in [1.82, 2.24) is 0 Å². The van der Waals surface area contributed by atoms with Crippen LogP contribution in [0.5, 0.6) is 5.75 Å². The highest BCUT2D eigenvalue weighted by Gasteiger charge is 2.25. The molecule has 7 nitrogen and oxygen atoms in total. The summed E-state index contributed by atoms with van der Waals surface area (Å²) in [4.78, 5) is 14.8. The summed E-state index contributed by atoms with van der Waals surface area (Å²) in [5, 5.41) is 21.7. The van der Waals surface area contributed by atoms with Gasteiger partial charge in [0.2, 0.25) is 0 Å². The Bertz CT molecular complexity index is 700. The number of nitrogens with one attached hydrogen (secondary N) is 1. The summed E-state index contributed by atoms with van der Waals surface area (Å²) in [6.07, 6.45) is 0. The number of thioether (sulfide) groups is 1. The SMILES string of the molecule is CCS(=O)(=O)c1ccc(O)c(NC2=N[C@H](C(=O)O)CS2)c1. The first-order valence-electron chi connectivity index (χ1n) is 6.09. The number of carboxylic acid groups (broad SMARTS) is 1. The molecule has 1 aliphatic rings. The van der Waals surface area contributed by atoms with Crippen molar-refractivity contribution in [2.75, 3.05) is 16.8 Å². The van der Waals surface area contributed by atoms with Gasteiger partial charge in [0.15, 0.2) is 21.0 Å². The van der Waals surface area contributed by atoms with Crippen LogP contribution in [0.1, 0.15) is 6.92 Å². The lowest BCUT2D eigenvalue weighted by Gasteiger charge is -2.09. The number of carboxylic acids is 1. The van der Waals surface area contributed by atoms with Crippen molar-refractivity contribution in [3.63, 3.8) is 0 Å². The van der Waals surface area contributed by atoms with E-state index in [0.717, 1.165) is 0 Å². The van der Waals surface area contributed by atoms with Gasteiger partial charge in [-0.3, -0.25) is 0 Å². The standard InChI is InChI=1S/C12H14N2O5S2/c1-2-21(18,19)7-3-4-10(15)8(5-7)13-12-14-9(6-20-12)11(16)17/h3-5,9,15H,2,6H2,1H3,(H,13,14)(H,16,17)/t9-/m0/s1. The van der Waals surface area contributed by atoms with Gasteiger partial charge in [0.05, 0.1) is 16.3 Å². The molecule has 0 aromatic heterocycles. The van der Waals surface area contributed by atoms with Gasteiger partial charge in [0, 0.05) is 5.75 Å². The minimum absolute atomic E-state index is 0.0476. The third-order valence-electron chi connectivity index (χ3n) is 2.88. The summed E-state index contributed by atoms with van der Waals surface area (Å²) >= 11 is 1.20. The minimum atomic E-state index is -3.39. The van der Waals surface area contributed by atoms with Gasteiger partial charge in [-0.15, -0.1) is 0 Å². The van der Waals surface area contributed by atoms with Gasteiger partial charge < -0.3 is 15.5 Å². The molecular formula is C12H14N2O5S2. The van der Waals surface area contributed by atoms with Gasteiger partial charge in [-0.05, 0) is 18.2 Å². The van der Waals surface area contributed by atoms with Crippen LogP contribution in [0.4, 0.5) is 5.69 Å². The summed E-state index contributed by atoms with van der Waals surface area (Å²) in [5.74, 6) is -0.905. The molecule has 0 saturated carbocycles. The van der Waals surface area contributed by atoms with E-state index in [0.29, 0.717) is 10.9 Å². The molecule has 1 aromatic carbocycles. The van der Waals surface area contributed by atoms with Crippen LogP contribution in [-0.2, 0) is 14.6 Å². The number of phenols is 1. The molecule has 0 fully saturated rings. The lowest BCUT2D eigenvalue weighted by Crippen LogP contribution is -2.17. The van der Waals surface area contributed by atoms with Crippen molar-refractivity contribution in [2.45, 2.75) is 17.9 Å². The molecule has 0 unspecified atom stereocenters. The molecule has 3 N–H and O–H groups in total. The summed E-state index contributed by atoms with van der Waals surface area (Å²) in [5.41, 5.74) is 0.182. The molecule has 1 heterocycles. The van der Waals surface area contributed by atoms with E-state index in [2.05, 4.69) is 10.3 Å². The first-order chi connectivity index (χ1) is 9.83. The predicted molar refractivity (Wildman–Crippen MR) is 80.8 cm³/mol. The molecule has 0 saturated heterocycles. The van der Waals surface area contributed by atoms with E-state index >= 15 is 0 Å². The Hall–Kier alpha value is -1.74. The number of hydrogen-bond acceptors (Lipinski definition) is 7. The highest BCUT2D eigenvalue weighted by atomic mass is 32.2. The van der Waals surface area contributed by atoms with Crippen LogP contribution in [0.3, 0.4) is 0 Å². The van der Waals surface area contributed by atoms with E-state index in [-0.39, 0.29) is 22.1 Å². The number of sulfone groups is 1. The van der Waals surface area contributed by atoms with E-state index in [1.165, 1.54) is 36.9 Å². The molecular weight excluding hydrogens is 316 g/mol. The van der Waals surface area contributed by atoms with Gasteiger partial charge in [-0.1, -0.05) is 18.7 Å². The summed E-state index contributed by atoms with van der Waals surface area (Å²) in [6.45, 7) is 1.53. The van der Waals surface area contributed by atoms with Crippen LogP contribution in [-0.4, -0.2) is 47.3 Å². The lowest BCUT2D eigenvalue weighted by molar-refractivity contribution is -0.137. The van der Waals surface area contributed by atoms with Crippen LogP contribution in [0.15, 0.2) is 28.1 Å². The van der Waals surface area contributed by atoms with E-state index in [4.69, 9.17) is 5.11 Å². The number of hydrogen-bond donors (Lipinski definition) is 3. The number of rotatable bonds is 4. The fourth-order valence-corrected chi connectivity index (χ4v) is 3.48. The van der Waals surface area contributed by atoms with Crippen LogP contribution in [0.25, 0.3) is 0 Å². The zero-order valence-electron chi connectivity index (χ0n) is 11.1. The van der Waals surface area contributed by atoms with Crippen molar-refractivity contribution >= 4 is 38.4 Å². The van der Waals surface area contributed by atoms with Gasteiger partial charge in [0.1, 0.15) is 5.75 Å². The third kappa shape index (κ3) is 3.48. The van der Waals surface area contributed by atoms with Crippen molar-refractivity contribution in [3.8, 4) is 5.75 Å². The highest BCUT2D eigenvalue weighted by molar-refractivity contribution is 8.14. The average Bonchev–Trinajstić information content (AvgIpc) is 2.90. The Morgan fingerprint density at radius 1 is 1.52 bits per heavy atom. The molecule has 21 heavy (non-hydrogen) atoms. The van der Waals surface area contributed by atoms with E-state index < -0.39 is 21.8 Å². The second kappa shape index (κ2) is 5.94. The Labute approximate surface area is 126 Å². The largest absolute Gasteiger partial charge is 0.506 e. The van der Waals surface area contributed by atoms with Crippen LogP contribution in [0, 0.1) is 0 Å². The maximum atomic E-state index is 11.8. The van der Waals surface area contributed by atoms with E-state index in [9.17, 15) is 18.3 Å². The fraction of sp³-hybridized carbons (Fsp3) is 0.333.